The number of anilines is 1. The summed E-state index contributed by atoms with van der Waals surface area (Å²) >= 11 is 6.14. The Bertz CT molecular complexity index is 485. The van der Waals surface area contributed by atoms with Crippen molar-refractivity contribution in [2.24, 2.45) is 0 Å². The van der Waals surface area contributed by atoms with Crippen LogP contribution in [0.4, 0.5) is 5.82 Å². The van der Waals surface area contributed by atoms with Gasteiger partial charge in [0.1, 0.15) is 5.82 Å². The maximum atomic E-state index is 10.4. The van der Waals surface area contributed by atoms with Crippen molar-refractivity contribution in [1.82, 2.24) is 10.3 Å². The van der Waals surface area contributed by atoms with Gasteiger partial charge in [-0.1, -0.05) is 11.6 Å². The Hall–Kier alpha value is -1.59. The highest BCUT2D eigenvalue weighted by Crippen LogP contribution is 2.22. The van der Waals surface area contributed by atoms with Gasteiger partial charge in [-0.2, -0.15) is 0 Å². The molecule has 1 fully saturated rings. The third-order valence-corrected chi connectivity index (χ3v) is 3.25. The van der Waals surface area contributed by atoms with Crippen molar-refractivity contribution in [3.05, 3.63) is 28.9 Å². The highest BCUT2D eigenvalue weighted by molar-refractivity contribution is 6.33. The maximum absolute atomic E-state index is 10.4. The SMILES string of the molecule is O=C(O)C=Cc1cnc(NC2CCNCC2)c(Cl)c1. The number of carbonyl (C=O) groups is 1. The Balaban J connectivity index is 2.04. The van der Waals surface area contributed by atoms with Crippen LogP contribution >= 0.6 is 11.6 Å². The summed E-state index contributed by atoms with van der Waals surface area (Å²) in [6, 6.07) is 2.09. The van der Waals surface area contributed by atoms with E-state index < -0.39 is 5.97 Å². The standard InChI is InChI=1S/C13H16ClN3O2/c14-11-7-9(1-2-12(18)19)8-16-13(11)17-10-3-5-15-6-4-10/h1-2,7-8,10,15H,3-6H2,(H,16,17)(H,18,19). The van der Waals surface area contributed by atoms with Gasteiger partial charge in [0.15, 0.2) is 0 Å². The molecule has 0 radical (unpaired) electrons. The molecule has 2 heterocycles. The summed E-state index contributed by atoms with van der Waals surface area (Å²) in [5.74, 6) is -0.339. The fraction of sp³-hybridized carbons (Fsp3) is 0.385. The molecule has 0 saturated carbocycles. The minimum Gasteiger partial charge on any atom is -0.478 e. The number of rotatable bonds is 4. The van der Waals surface area contributed by atoms with E-state index >= 15 is 0 Å². The number of aromatic nitrogens is 1. The van der Waals surface area contributed by atoms with Crippen LogP contribution in [0.3, 0.4) is 0 Å². The van der Waals surface area contributed by atoms with E-state index in [1.165, 1.54) is 6.08 Å². The van der Waals surface area contributed by atoms with Gasteiger partial charge < -0.3 is 15.7 Å². The predicted octanol–water partition coefficient (Wildman–Crippen LogP) is 2.00. The number of halogens is 1. The van der Waals surface area contributed by atoms with E-state index in [1.807, 2.05) is 0 Å². The summed E-state index contributed by atoms with van der Waals surface area (Å²) in [6.07, 6.45) is 6.22. The lowest BCUT2D eigenvalue weighted by Crippen LogP contribution is -2.35. The zero-order chi connectivity index (χ0) is 13.7. The molecule has 19 heavy (non-hydrogen) atoms. The molecule has 2 rings (SSSR count). The summed E-state index contributed by atoms with van der Waals surface area (Å²) in [7, 11) is 0. The average Bonchev–Trinajstić information content (AvgIpc) is 2.40. The normalized spacial score (nSPS) is 16.7. The number of nitrogens with one attached hydrogen (secondary N) is 2. The highest BCUT2D eigenvalue weighted by atomic mass is 35.5. The molecule has 6 heteroatoms. The molecule has 0 bridgehead atoms. The molecule has 102 valence electrons. The van der Waals surface area contributed by atoms with E-state index in [2.05, 4.69) is 15.6 Å². The molecule has 1 aromatic rings. The van der Waals surface area contributed by atoms with Gasteiger partial charge in [0.05, 0.1) is 5.02 Å². The summed E-state index contributed by atoms with van der Waals surface area (Å²) in [6.45, 7) is 1.99. The molecule has 0 unspecified atom stereocenters. The minimum absolute atomic E-state index is 0.381. The van der Waals surface area contributed by atoms with Gasteiger partial charge in [0, 0.05) is 18.3 Å². The number of carboxylic acid groups (broad SMARTS) is 1. The Morgan fingerprint density at radius 3 is 2.89 bits per heavy atom. The van der Waals surface area contributed by atoms with Crippen LogP contribution in [0.25, 0.3) is 6.08 Å². The summed E-state index contributed by atoms with van der Waals surface area (Å²) < 4.78 is 0. The topological polar surface area (TPSA) is 74.2 Å². The zero-order valence-corrected chi connectivity index (χ0v) is 11.2. The smallest absolute Gasteiger partial charge is 0.328 e. The van der Waals surface area contributed by atoms with Crippen LogP contribution in [0, 0.1) is 0 Å². The predicted molar refractivity (Wildman–Crippen MR) is 75.4 cm³/mol. The van der Waals surface area contributed by atoms with Gasteiger partial charge in [0.2, 0.25) is 0 Å². The number of aliphatic carboxylic acids is 1. The fourth-order valence-corrected chi connectivity index (χ4v) is 2.21. The van der Waals surface area contributed by atoms with E-state index in [4.69, 9.17) is 16.7 Å². The lowest BCUT2D eigenvalue weighted by atomic mass is 10.1. The van der Waals surface area contributed by atoms with Crippen LogP contribution in [0.1, 0.15) is 18.4 Å². The largest absolute Gasteiger partial charge is 0.478 e. The Kier molecular flexibility index (Phi) is 4.76. The van der Waals surface area contributed by atoms with Gasteiger partial charge in [-0.3, -0.25) is 0 Å². The Morgan fingerprint density at radius 1 is 1.53 bits per heavy atom. The van der Waals surface area contributed by atoms with Gasteiger partial charge in [0.25, 0.3) is 0 Å². The van der Waals surface area contributed by atoms with Gasteiger partial charge in [-0.05, 0) is 43.6 Å². The lowest BCUT2D eigenvalue weighted by Gasteiger charge is -2.24. The monoisotopic (exact) mass is 281 g/mol. The molecule has 0 aromatic carbocycles. The van der Waals surface area contributed by atoms with Crippen LogP contribution < -0.4 is 10.6 Å². The zero-order valence-electron chi connectivity index (χ0n) is 10.4. The first-order chi connectivity index (χ1) is 9.15. The third-order valence-electron chi connectivity index (χ3n) is 2.96. The van der Waals surface area contributed by atoms with E-state index in [9.17, 15) is 4.79 Å². The van der Waals surface area contributed by atoms with Crippen molar-refractivity contribution in [2.75, 3.05) is 18.4 Å². The lowest BCUT2D eigenvalue weighted by molar-refractivity contribution is -0.131. The molecule has 0 spiro atoms. The van der Waals surface area contributed by atoms with Gasteiger partial charge >= 0.3 is 5.97 Å². The van der Waals surface area contributed by atoms with Crippen molar-refractivity contribution in [1.29, 1.82) is 0 Å². The number of hydrogen-bond acceptors (Lipinski definition) is 4. The number of pyridine rings is 1. The van der Waals surface area contributed by atoms with E-state index in [0.29, 0.717) is 22.4 Å². The number of piperidine rings is 1. The molecule has 1 aliphatic rings. The summed E-state index contributed by atoms with van der Waals surface area (Å²) in [5.41, 5.74) is 0.670. The molecular weight excluding hydrogens is 266 g/mol. The van der Waals surface area contributed by atoms with Crippen LogP contribution in [0.15, 0.2) is 18.3 Å². The average molecular weight is 282 g/mol. The summed E-state index contributed by atoms with van der Waals surface area (Å²) in [4.78, 5) is 14.7. The molecular formula is C13H16ClN3O2. The number of nitrogens with zero attached hydrogens (tertiary/aromatic N) is 1. The van der Waals surface area contributed by atoms with Crippen molar-refractivity contribution in [2.45, 2.75) is 18.9 Å². The van der Waals surface area contributed by atoms with Crippen LogP contribution in [-0.2, 0) is 4.79 Å². The van der Waals surface area contributed by atoms with Crippen LogP contribution in [0.2, 0.25) is 5.02 Å². The molecule has 1 saturated heterocycles. The van der Waals surface area contributed by atoms with E-state index in [1.54, 1.807) is 12.3 Å². The first kappa shape index (κ1) is 13.8. The molecule has 0 atom stereocenters. The Labute approximate surface area is 116 Å². The quantitative estimate of drug-likeness (QED) is 0.736. The first-order valence-electron chi connectivity index (χ1n) is 6.19. The maximum Gasteiger partial charge on any atom is 0.328 e. The summed E-state index contributed by atoms with van der Waals surface area (Å²) in [5, 5.41) is 15.7. The van der Waals surface area contributed by atoms with Crippen LogP contribution in [-0.4, -0.2) is 35.2 Å². The van der Waals surface area contributed by atoms with Crippen molar-refractivity contribution in [3.8, 4) is 0 Å². The molecule has 3 N–H and O–H groups in total. The molecule has 0 amide bonds. The second kappa shape index (κ2) is 6.54. The Morgan fingerprint density at radius 2 is 2.26 bits per heavy atom. The highest BCUT2D eigenvalue weighted by Gasteiger charge is 2.14. The van der Waals surface area contributed by atoms with E-state index in [0.717, 1.165) is 32.0 Å². The molecule has 5 nitrogen and oxygen atoms in total. The van der Waals surface area contributed by atoms with Crippen LogP contribution in [0.5, 0.6) is 0 Å². The van der Waals surface area contributed by atoms with Gasteiger partial charge in [-0.15, -0.1) is 0 Å². The van der Waals surface area contributed by atoms with Crippen molar-refractivity contribution < 1.29 is 9.90 Å². The van der Waals surface area contributed by atoms with Crippen molar-refractivity contribution >= 4 is 29.5 Å². The molecule has 1 aliphatic heterocycles. The number of carboxylic acids is 1. The first-order valence-corrected chi connectivity index (χ1v) is 6.57. The van der Waals surface area contributed by atoms with Crippen molar-refractivity contribution in [3.63, 3.8) is 0 Å². The van der Waals surface area contributed by atoms with E-state index in [-0.39, 0.29) is 0 Å². The fourth-order valence-electron chi connectivity index (χ4n) is 1.98. The van der Waals surface area contributed by atoms with Gasteiger partial charge in [-0.25, -0.2) is 9.78 Å². The minimum atomic E-state index is -0.993. The second-order valence-electron chi connectivity index (χ2n) is 4.44. The molecule has 1 aromatic heterocycles. The second-order valence-corrected chi connectivity index (χ2v) is 4.85. The molecule has 0 aliphatic carbocycles. The number of hydrogen-bond donors (Lipinski definition) is 3. The third kappa shape index (κ3) is 4.22.